The van der Waals surface area contributed by atoms with Crippen LogP contribution in [0.4, 0.5) is 5.13 Å². The first-order valence-corrected chi connectivity index (χ1v) is 9.44. The molecule has 1 heterocycles. The van der Waals surface area contributed by atoms with Crippen molar-refractivity contribution in [3.8, 4) is 17.0 Å². The van der Waals surface area contributed by atoms with E-state index in [4.69, 9.17) is 16.3 Å². The van der Waals surface area contributed by atoms with Gasteiger partial charge in [0.15, 0.2) is 11.2 Å². The first-order valence-electron chi connectivity index (χ1n) is 8.18. The van der Waals surface area contributed by atoms with Crippen LogP contribution < -0.4 is 10.1 Å². The molecule has 4 nitrogen and oxygen atoms in total. The molecule has 3 rings (SSSR count). The van der Waals surface area contributed by atoms with Crippen molar-refractivity contribution in [3.05, 3.63) is 64.0 Å². The number of anilines is 1. The number of nitrogens with one attached hydrogen (secondary N) is 1. The minimum Gasteiger partial charge on any atom is -0.481 e. The lowest BCUT2D eigenvalue weighted by Gasteiger charge is -2.13. The number of amides is 1. The van der Waals surface area contributed by atoms with Crippen LogP contribution >= 0.6 is 22.9 Å². The van der Waals surface area contributed by atoms with Gasteiger partial charge in [-0.25, -0.2) is 4.98 Å². The van der Waals surface area contributed by atoms with Crippen molar-refractivity contribution in [1.29, 1.82) is 0 Å². The first-order chi connectivity index (χ1) is 12.4. The Bertz CT molecular complexity index is 922. The first kappa shape index (κ1) is 18.4. The highest BCUT2D eigenvalue weighted by Gasteiger charge is 2.17. The van der Waals surface area contributed by atoms with E-state index in [2.05, 4.69) is 36.3 Å². The summed E-state index contributed by atoms with van der Waals surface area (Å²) >= 11 is 7.24. The molecular formula is C20H19ClN2O2S. The fourth-order valence-electron chi connectivity index (χ4n) is 2.34. The van der Waals surface area contributed by atoms with Gasteiger partial charge in [-0.3, -0.25) is 10.1 Å². The van der Waals surface area contributed by atoms with Gasteiger partial charge in [0.25, 0.3) is 5.91 Å². The van der Waals surface area contributed by atoms with Crippen LogP contribution in [0.1, 0.15) is 18.1 Å². The van der Waals surface area contributed by atoms with Gasteiger partial charge in [-0.2, -0.15) is 0 Å². The Morgan fingerprint density at radius 3 is 2.58 bits per heavy atom. The fourth-order valence-corrected chi connectivity index (χ4v) is 3.19. The molecule has 1 aromatic heterocycles. The molecule has 3 aromatic rings. The molecule has 134 valence electrons. The van der Waals surface area contributed by atoms with E-state index in [1.54, 1.807) is 31.2 Å². The number of hydrogen-bond acceptors (Lipinski definition) is 4. The van der Waals surface area contributed by atoms with Crippen LogP contribution in [-0.2, 0) is 4.79 Å². The molecule has 0 unspecified atom stereocenters. The zero-order valence-electron chi connectivity index (χ0n) is 14.7. The normalized spacial score (nSPS) is 11.8. The Hall–Kier alpha value is -2.37. The van der Waals surface area contributed by atoms with Crippen LogP contribution in [-0.4, -0.2) is 17.0 Å². The van der Waals surface area contributed by atoms with E-state index in [9.17, 15) is 4.79 Å². The molecule has 0 saturated heterocycles. The highest BCUT2D eigenvalue weighted by molar-refractivity contribution is 7.14. The molecule has 0 aliphatic carbocycles. The number of nitrogens with zero attached hydrogens (tertiary/aromatic N) is 1. The van der Waals surface area contributed by atoms with Crippen LogP contribution in [0.3, 0.4) is 0 Å². The van der Waals surface area contributed by atoms with Gasteiger partial charge in [0.05, 0.1) is 5.69 Å². The molecule has 1 atom stereocenters. The van der Waals surface area contributed by atoms with Crippen molar-refractivity contribution in [2.45, 2.75) is 26.9 Å². The van der Waals surface area contributed by atoms with Gasteiger partial charge in [-0.05, 0) is 62.2 Å². The van der Waals surface area contributed by atoms with E-state index < -0.39 is 6.10 Å². The van der Waals surface area contributed by atoms with Crippen molar-refractivity contribution in [2.75, 3.05) is 5.32 Å². The van der Waals surface area contributed by atoms with Gasteiger partial charge in [-0.15, -0.1) is 11.3 Å². The number of halogens is 1. The third-order valence-electron chi connectivity index (χ3n) is 4.03. The molecule has 0 bridgehead atoms. The quantitative estimate of drug-likeness (QED) is 0.631. The number of ether oxygens (including phenoxy) is 1. The van der Waals surface area contributed by atoms with Crippen LogP contribution in [0.25, 0.3) is 11.3 Å². The second-order valence-electron chi connectivity index (χ2n) is 6.04. The van der Waals surface area contributed by atoms with Gasteiger partial charge >= 0.3 is 0 Å². The number of aryl methyl sites for hydroxylation is 2. The van der Waals surface area contributed by atoms with E-state index in [0.29, 0.717) is 15.9 Å². The third-order valence-corrected chi connectivity index (χ3v) is 5.04. The zero-order valence-corrected chi connectivity index (χ0v) is 16.3. The largest absolute Gasteiger partial charge is 0.481 e. The minimum atomic E-state index is -0.648. The molecule has 6 heteroatoms. The van der Waals surface area contributed by atoms with Crippen LogP contribution in [0.5, 0.6) is 5.75 Å². The maximum Gasteiger partial charge on any atom is 0.266 e. The van der Waals surface area contributed by atoms with Crippen LogP contribution in [0, 0.1) is 13.8 Å². The summed E-state index contributed by atoms with van der Waals surface area (Å²) in [4.78, 5) is 16.8. The van der Waals surface area contributed by atoms with Gasteiger partial charge in [0, 0.05) is 16.0 Å². The SMILES string of the molecule is Cc1ccc(-c2csc(NC(=O)[C@@H](C)Oc3ccc(Cl)cc3)n2)cc1C. The lowest BCUT2D eigenvalue weighted by atomic mass is 10.1. The van der Waals surface area contributed by atoms with E-state index in [1.165, 1.54) is 22.5 Å². The van der Waals surface area contributed by atoms with Crippen molar-refractivity contribution >= 4 is 34.0 Å². The molecule has 2 aromatic carbocycles. The predicted octanol–water partition coefficient (Wildman–Crippen LogP) is 5.49. The Morgan fingerprint density at radius 2 is 1.88 bits per heavy atom. The van der Waals surface area contributed by atoms with Crippen molar-refractivity contribution in [2.24, 2.45) is 0 Å². The summed E-state index contributed by atoms with van der Waals surface area (Å²) < 4.78 is 5.63. The standard InChI is InChI=1S/C20H19ClN2O2S/c1-12-4-5-15(10-13(12)2)18-11-26-20(22-18)23-19(24)14(3)25-17-8-6-16(21)7-9-17/h4-11,14H,1-3H3,(H,22,23,24)/t14-/m1/s1. The molecule has 0 saturated carbocycles. The number of carbonyl (C=O) groups excluding carboxylic acids is 1. The lowest BCUT2D eigenvalue weighted by molar-refractivity contribution is -0.122. The molecular weight excluding hydrogens is 368 g/mol. The Balaban J connectivity index is 1.65. The second kappa shape index (κ2) is 7.89. The highest BCUT2D eigenvalue weighted by atomic mass is 35.5. The van der Waals surface area contributed by atoms with E-state index in [0.717, 1.165) is 11.3 Å². The fraction of sp³-hybridized carbons (Fsp3) is 0.200. The maximum atomic E-state index is 12.3. The van der Waals surface area contributed by atoms with E-state index in [-0.39, 0.29) is 5.91 Å². The Labute approximate surface area is 161 Å². The second-order valence-corrected chi connectivity index (χ2v) is 7.33. The molecule has 0 fully saturated rings. The summed E-state index contributed by atoms with van der Waals surface area (Å²) in [5, 5.41) is 5.91. The Morgan fingerprint density at radius 1 is 1.15 bits per heavy atom. The molecule has 1 amide bonds. The van der Waals surface area contributed by atoms with Crippen molar-refractivity contribution in [3.63, 3.8) is 0 Å². The molecule has 0 aliphatic heterocycles. The summed E-state index contributed by atoms with van der Waals surface area (Å²) in [6.45, 7) is 5.85. The number of hydrogen-bond donors (Lipinski definition) is 1. The maximum absolute atomic E-state index is 12.3. The van der Waals surface area contributed by atoms with Gasteiger partial charge in [0.2, 0.25) is 0 Å². The van der Waals surface area contributed by atoms with Gasteiger partial charge < -0.3 is 4.74 Å². The molecule has 0 aliphatic rings. The summed E-state index contributed by atoms with van der Waals surface area (Å²) in [6, 6.07) is 13.1. The molecule has 0 spiro atoms. The third kappa shape index (κ3) is 4.42. The number of rotatable bonds is 5. The number of thiazole rings is 1. The Kier molecular flexibility index (Phi) is 5.59. The average Bonchev–Trinajstić information content (AvgIpc) is 3.07. The number of aromatic nitrogens is 1. The van der Waals surface area contributed by atoms with Crippen molar-refractivity contribution < 1.29 is 9.53 Å². The monoisotopic (exact) mass is 386 g/mol. The molecule has 0 radical (unpaired) electrons. The number of benzene rings is 2. The smallest absolute Gasteiger partial charge is 0.266 e. The number of carbonyl (C=O) groups is 1. The van der Waals surface area contributed by atoms with Crippen LogP contribution in [0.15, 0.2) is 47.8 Å². The predicted molar refractivity (Wildman–Crippen MR) is 107 cm³/mol. The average molecular weight is 387 g/mol. The summed E-state index contributed by atoms with van der Waals surface area (Å²) in [6.07, 6.45) is -0.648. The summed E-state index contributed by atoms with van der Waals surface area (Å²) in [7, 11) is 0. The minimum absolute atomic E-state index is 0.249. The lowest BCUT2D eigenvalue weighted by Crippen LogP contribution is -2.30. The van der Waals surface area contributed by atoms with E-state index in [1.807, 2.05) is 11.4 Å². The van der Waals surface area contributed by atoms with Gasteiger partial charge in [0.1, 0.15) is 5.75 Å². The summed E-state index contributed by atoms with van der Waals surface area (Å²) in [5.74, 6) is 0.341. The topological polar surface area (TPSA) is 51.2 Å². The van der Waals surface area contributed by atoms with Gasteiger partial charge in [-0.1, -0.05) is 23.7 Å². The van der Waals surface area contributed by atoms with Crippen LogP contribution in [0.2, 0.25) is 5.02 Å². The highest BCUT2D eigenvalue weighted by Crippen LogP contribution is 2.26. The van der Waals surface area contributed by atoms with E-state index >= 15 is 0 Å². The zero-order chi connectivity index (χ0) is 18.7. The summed E-state index contributed by atoms with van der Waals surface area (Å²) in [5.41, 5.74) is 4.34. The molecule has 26 heavy (non-hydrogen) atoms. The van der Waals surface area contributed by atoms with Crippen molar-refractivity contribution in [1.82, 2.24) is 4.98 Å². The molecule has 1 N–H and O–H groups in total.